The van der Waals surface area contributed by atoms with Crippen LogP contribution in [-0.4, -0.2) is 32.9 Å². The third-order valence-electron chi connectivity index (χ3n) is 4.16. The number of nitrogens with one attached hydrogen (secondary N) is 1. The minimum atomic E-state index is -0.364. The first-order chi connectivity index (χ1) is 14.2. The Hall–Kier alpha value is -3.80. The lowest BCUT2D eigenvalue weighted by Crippen LogP contribution is -2.24. The Balaban J connectivity index is 1.60. The molecule has 0 aliphatic heterocycles. The van der Waals surface area contributed by atoms with Gasteiger partial charge in [-0.2, -0.15) is 5.10 Å². The monoisotopic (exact) mass is 390 g/mol. The smallest absolute Gasteiger partial charge is 0.277 e. The Morgan fingerprint density at radius 1 is 0.931 bits per heavy atom. The summed E-state index contributed by atoms with van der Waals surface area (Å²) in [7, 11) is 3.14. The normalized spacial score (nSPS) is 10.6. The number of nitrogens with zero attached hydrogens (tertiary/aromatic N) is 1. The minimum Gasteiger partial charge on any atom is -0.497 e. The summed E-state index contributed by atoms with van der Waals surface area (Å²) in [6.07, 6.45) is 1.51. The van der Waals surface area contributed by atoms with E-state index in [0.717, 1.165) is 11.1 Å². The number of ether oxygens (including phenoxy) is 3. The Labute approximate surface area is 169 Å². The van der Waals surface area contributed by atoms with E-state index >= 15 is 0 Å². The predicted octanol–water partition coefficient (Wildman–Crippen LogP) is 3.90. The summed E-state index contributed by atoms with van der Waals surface area (Å²) in [6.45, 7) is -0.152. The first kappa shape index (κ1) is 19.9. The Morgan fingerprint density at radius 2 is 1.69 bits per heavy atom. The van der Waals surface area contributed by atoms with Crippen LogP contribution in [0.4, 0.5) is 0 Å². The molecule has 0 saturated carbocycles. The van der Waals surface area contributed by atoms with Gasteiger partial charge in [-0.1, -0.05) is 48.5 Å². The zero-order valence-electron chi connectivity index (χ0n) is 16.3. The van der Waals surface area contributed by atoms with Crippen LogP contribution in [0.3, 0.4) is 0 Å². The van der Waals surface area contributed by atoms with Gasteiger partial charge in [-0.25, -0.2) is 5.43 Å². The first-order valence-electron chi connectivity index (χ1n) is 9.02. The zero-order chi connectivity index (χ0) is 20.5. The zero-order valence-corrected chi connectivity index (χ0v) is 16.3. The van der Waals surface area contributed by atoms with Crippen molar-refractivity contribution in [3.63, 3.8) is 0 Å². The van der Waals surface area contributed by atoms with Crippen molar-refractivity contribution in [1.82, 2.24) is 5.43 Å². The Bertz CT molecular complexity index is 987. The molecule has 0 bridgehead atoms. The van der Waals surface area contributed by atoms with E-state index in [4.69, 9.17) is 14.2 Å². The molecule has 0 aromatic heterocycles. The molecule has 3 aromatic rings. The van der Waals surface area contributed by atoms with Gasteiger partial charge in [0, 0.05) is 17.2 Å². The molecule has 0 aliphatic rings. The van der Waals surface area contributed by atoms with Gasteiger partial charge in [0.25, 0.3) is 5.91 Å². The van der Waals surface area contributed by atoms with Crippen molar-refractivity contribution in [2.75, 3.05) is 20.8 Å². The van der Waals surface area contributed by atoms with E-state index in [0.29, 0.717) is 22.8 Å². The average Bonchev–Trinajstić information content (AvgIpc) is 2.78. The number of hydrogen-bond donors (Lipinski definition) is 1. The molecule has 3 aromatic carbocycles. The lowest BCUT2D eigenvalue weighted by atomic mass is 10.1. The molecule has 29 heavy (non-hydrogen) atoms. The van der Waals surface area contributed by atoms with Gasteiger partial charge in [-0.05, 0) is 23.8 Å². The van der Waals surface area contributed by atoms with Crippen LogP contribution in [0, 0.1) is 0 Å². The van der Waals surface area contributed by atoms with E-state index in [2.05, 4.69) is 10.5 Å². The summed E-state index contributed by atoms with van der Waals surface area (Å²) in [5, 5.41) is 3.97. The molecular formula is C23H22N2O4. The minimum absolute atomic E-state index is 0.152. The fourth-order valence-corrected chi connectivity index (χ4v) is 2.72. The number of benzene rings is 3. The van der Waals surface area contributed by atoms with Crippen molar-refractivity contribution < 1.29 is 19.0 Å². The number of hydrogen-bond acceptors (Lipinski definition) is 5. The summed E-state index contributed by atoms with van der Waals surface area (Å²) in [5.74, 6) is 1.54. The van der Waals surface area contributed by atoms with E-state index in [9.17, 15) is 4.79 Å². The summed E-state index contributed by atoms with van der Waals surface area (Å²) >= 11 is 0. The fraction of sp³-hybridized carbons (Fsp3) is 0.130. The number of carbonyl (C=O) groups excluding carboxylic acids is 1. The van der Waals surface area contributed by atoms with E-state index in [-0.39, 0.29) is 12.5 Å². The fourth-order valence-electron chi connectivity index (χ4n) is 2.72. The molecule has 0 saturated heterocycles. The molecule has 0 unspecified atom stereocenters. The van der Waals surface area contributed by atoms with Crippen LogP contribution in [0.2, 0.25) is 0 Å². The molecule has 1 N–H and O–H groups in total. The molecular weight excluding hydrogens is 368 g/mol. The molecule has 3 rings (SSSR count). The van der Waals surface area contributed by atoms with Crippen molar-refractivity contribution in [3.8, 4) is 28.4 Å². The van der Waals surface area contributed by atoms with Crippen molar-refractivity contribution in [2.45, 2.75) is 0 Å². The maximum Gasteiger partial charge on any atom is 0.277 e. The molecule has 6 heteroatoms. The van der Waals surface area contributed by atoms with Crippen molar-refractivity contribution >= 4 is 12.1 Å². The third-order valence-corrected chi connectivity index (χ3v) is 4.16. The van der Waals surface area contributed by atoms with Gasteiger partial charge in [-0.15, -0.1) is 0 Å². The van der Waals surface area contributed by atoms with E-state index in [1.165, 1.54) is 6.21 Å². The predicted molar refractivity (Wildman–Crippen MR) is 113 cm³/mol. The standard InChI is InChI=1S/C23H22N2O4/c1-27-19-13-12-18(22(14-19)28-2)15-24-25-23(26)16-29-21-11-7-6-10-20(21)17-8-4-3-5-9-17/h3-15H,16H2,1-2H3,(H,25,26)/b24-15+. The molecule has 0 atom stereocenters. The van der Waals surface area contributed by atoms with Crippen LogP contribution in [0.5, 0.6) is 17.2 Å². The largest absolute Gasteiger partial charge is 0.497 e. The second-order valence-corrected chi connectivity index (χ2v) is 6.05. The maximum atomic E-state index is 12.1. The number of hydrazone groups is 1. The third kappa shape index (κ3) is 5.35. The van der Waals surface area contributed by atoms with E-state index < -0.39 is 0 Å². The van der Waals surface area contributed by atoms with Gasteiger partial charge >= 0.3 is 0 Å². The molecule has 1 amide bonds. The topological polar surface area (TPSA) is 69.2 Å². The van der Waals surface area contributed by atoms with E-state index in [1.807, 2.05) is 54.6 Å². The highest BCUT2D eigenvalue weighted by Crippen LogP contribution is 2.29. The van der Waals surface area contributed by atoms with Crippen LogP contribution in [0.1, 0.15) is 5.56 Å². The van der Waals surface area contributed by atoms with Crippen LogP contribution in [0.15, 0.2) is 77.9 Å². The molecule has 0 fully saturated rings. The number of rotatable bonds is 8. The lowest BCUT2D eigenvalue weighted by molar-refractivity contribution is -0.123. The van der Waals surface area contributed by atoms with Gasteiger partial charge < -0.3 is 14.2 Å². The number of carbonyl (C=O) groups is 1. The molecule has 148 valence electrons. The van der Waals surface area contributed by atoms with Gasteiger partial charge in [0.1, 0.15) is 17.2 Å². The van der Waals surface area contributed by atoms with Crippen LogP contribution >= 0.6 is 0 Å². The van der Waals surface area contributed by atoms with Crippen LogP contribution < -0.4 is 19.6 Å². The summed E-state index contributed by atoms with van der Waals surface area (Å²) < 4.78 is 16.2. The highest BCUT2D eigenvalue weighted by atomic mass is 16.5. The highest BCUT2D eigenvalue weighted by Gasteiger charge is 2.08. The second kappa shape index (κ2) is 9.94. The van der Waals surface area contributed by atoms with E-state index in [1.54, 1.807) is 32.4 Å². The van der Waals surface area contributed by atoms with Gasteiger partial charge in [0.05, 0.1) is 20.4 Å². The Kier molecular flexibility index (Phi) is 6.84. The molecule has 6 nitrogen and oxygen atoms in total. The highest BCUT2D eigenvalue weighted by molar-refractivity contribution is 5.86. The second-order valence-electron chi connectivity index (χ2n) is 6.05. The van der Waals surface area contributed by atoms with Crippen molar-refractivity contribution in [1.29, 1.82) is 0 Å². The molecule has 0 heterocycles. The lowest BCUT2D eigenvalue weighted by Gasteiger charge is -2.11. The molecule has 0 spiro atoms. The summed E-state index contributed by atoms with van der Waals surface area (Å²) in [5.41, 5.74) is 5.12. The van der Waals surface area contributed by atoms with Gasteiger partial charge in [0.15, 0.2) is 6.61 Å². The summed E-state index contributed by atoms with van der Waals surface area (Å²) in [6, 6.07) is 22.8. The quantitative estimate of drug-likeness (QED) is 0.468. The SMILES string of the molecule is COc1ccc(/C=N/NC(=O)COc2ccccc2-c2ccccc2)c(OC)c1. The molecule has 0 aliphatic carbocycles. The van der Waals surface area contributed by atoms with Crippen molar-refractivity contribution in [3.05, 3.63) is 78.4 Å². The number of methoxy groups -OCH3 is 2. The maximum absolute atomic E-state index is 12.1. The van der Waals surface area contributed by atoms with Gasteiger partial charge in [0.2, 0.25) is 0 Å². The first-order valence-corrected chi connectivity index (χ1v) is 9.02. The Morgan fingerprint density at radius 3 is 2.45 bits per heavy atom. The average molecular weight is 390 g/mol. The van der Waals surface area contributed by atoms with Gasteiger partial charge in [-0.3, -0.25) is 4.79 Å². The molecule has 0 radical (unpaired) electrons. The van der Waals surface area contributed by atoms with Crippen LogP contribution in [0.25, 0.3) is 11.1 Å². The number of amides is 1. The van der Waals surface area contributed by atoms with Crippen LogP contribution in [-0.2, 0) is 4.79 Å². The van der Waals surface area contributed by atoms with Crippen molar-refractivity contribution in [2.24, 2.45) is 5.10 Å². The summed E-state index contributed by atoms with van der Waals surface area (Å²) in [4.78, 5) is 12.1. The number of para-hydroxylation sites is 1.